The van der Waals surface area contributed by atoms with Gasteiger partial charge in [-0.05, 0) is 37.1 Å². The van der Waals surface area contributed by atoms with Crippen molar-refractivity contribution in [2.24, 2.45) is 0 Å². The van der Waals surface area contributed by atoms with E-state index in [4.69, 9.17) is 9.15 Å². The van der Waals surface area contributed by atoms with Crippen LogP contribution in [0.1, 0.15) is 35.4 Å². The summed E-state index contributed by atoms with van der Waals surface area (Å²) < 4.78 is 62.6. The van der Waals surface area contributed by atoms with Gasteiger partial charge in [0.05, 0.1) is 35.3 Å². The van der Waals surface area contributed by atoms with E-state index in [2.05, 4.69) is 5.32 Å². The zero-order valence-corrected chi connectivity index (χ0v) is 17.9. The summed E-state index contributed by atoms with van der Waals surface area (Å²) in [4.78, 5) is 12.7. The molecule has 30 heavy (non-hydrogen) atoms. The number of hydrogen-bond donors (Lipinski definition) is 1. The zero-order chi connectivity index (χ0) is 21.7. The summed E-state index contributed by atoms with van der Waals surface area (Å²) in [6.07, 6.45) is 3.84. The number of thioether (sulfide) groups is 1. The van der Waals surface area contributed by atoms with E-state index in [-0.39, 0.29) is 33.4 Å². The Morgan fingerprint density at radius 3 is 2.67 bits per heavy atom. The van der Waals surface area contributed by atoms with E-state index < -0.39 is 21.7 Å². The van der Waals surface area contributed by atoms with E-state index in [1.165, 1.54) is 41.9 Å². The van der Waals surface area contributed by atoms with Crippen molar-refractivity contribution < 1.29 is 31.1 Å². The van der Waals surface area contributed by atoms with Gasteiger partial charge in [-0.2, -0.15) is 13.1 Å². The average molecular weight is 461 g/mol. The maximum atomic E-state index is 12.9. The Kier molecular flexibility index (Phi) is 7.37. The van der Waals surface area contributed by atoms with Crippen molar-refractivity contribution in [2.45, 2.75) is 35.7 Å². The molecule has 3 rings (SSSR count). The van der Waals surface area contributed by atoms with Crippen LogP contribution in [0, 0.1) is 0 Å². The number of anilines is 1. The van der Waals surface area contributed by atoms with Crippen LogP contribution in [-0.2, 0) is 15.8 Å². The fourth-order valence-corrected chi connectivity index (χ4v) is 5.23. The number of rotatable bonds is 8. The Morgan fingerprint density at radius 2 is 2.00 bits per heavy atom. The lowest BCUT2D eigenvalue weighted by Gasteiger charge is -2.26. The number of carbonyl (C=O) groups is 1. The lowest BCUT2D eigenvalue weighted by molar-refractivity contribution is 0.102. The molecule has 1 aliphatic rings. The van der Waals surface area contributed by atoms with Crippen molar-refractivity contribution in [1.82, 2.24) is 4.31 Å². The molecule has 1 aromatic heterocycles. The SMILES string of the molecule is COc1ccc(S(=O)(=O)N2CCCCC2)cc1NC(=O)c1ccoc1CSC(F)F. The van der Waals surface area contributed by atoms with E-state index in [9.17, 15) is 22.0 Å². The molecule has 0 radical (unpaired) electrons. The van der Waals surface area contributed by atoms with Crippen LogP contribution in [-0.4, -0.2) is 44.6 Å². The van der Waals surface area contributed by atoms with Gasteiger partial charge in [0.25, 0.3) is 11.7 Å². The van der Waals surface area contributed by atoms with Crippen molar-refractivity contribution in [3.63, 3.8) is 0 Å². The van der Waals surface area contributed by atoms with Gasteiger partial charge in [0.1, 0.15) is 11.5 Å². The molecule has 0 saturated carbocycles. The highest BCUT2D eigenvalue weighted by Crippen LogP contribution is 2.31. The molecule has 11 heteroatoms. The quantitative estimate of drug-likeness (QED) is 0.636. The Hall–Kier alpha value is -2.11. The molecule has 1 aromatic carbocycles. The van der Waals surface area contributed by atoms with E-state index in [0.717, 1.165) is 19.3 Å². The summed E-state index contributed by atoms with van der Waals surface area (Å²) in [7, 11) is -2.31. The van der Waals surface area contributed by atoms with Crippen LogP contribution < -0.4 is 10.1 Å². The fourth-order valence-electron chi connectivity index (χ4n) is 3.18. The standard InChI is InChI=1S/C19H22F2N2O5S2/c1-27-16-6-5-13(30(25,26)23-8-3-2-4-9-23)11-15(16)22-18(24)14-7-10-28-17(14)12-29-19(20)21/h5-7,10-11,19H,2-4,8-9,12H2,1H3,(H,22,24). The number of ether oxygens (including phenoxy) is 1. The van der Waals surface area contributed by atoms with Crippen LogP contribution in [0.15, 0.2) is 39.8 Å². The number of alkyl halides is 2. The highest BCUT2D eigenvalue weighted by molar-refractivity contribution is 7.98. The number of nitrogens with one attached hydrogen (secondary N) is 1. The van der Waals surface area contributed by atoms with Crippen LogP contribution in [0.25, 0.3) is 0 Å². The van der Waals surface area contributed by atoms with Gasteiger partial charge < -0.3 is 14.5 Å². The minimum atomic E-state index is -3.70. The van der Waals surface area contributed by atoms with Gasteiger partial charge in [0.2, 0.25) is 10.0 Å². The molecule has 2 aromatic rings. The predicted octanol–water partition coefficient (Wildman–Crippen LogP) is 4.17. The first-order chi connectivity index (χ1) is 14.3. The zero-order valence-electron chi connectivity index (χ0n) is 16.3. The number of nitrogens with zero attached hydrogens (tertiary/aromatic N) is 1. The Bertz CT molecular complexity index is 989. The van der Waals surface area contributed by atoms with Crippen LogP contribution >= 0.6 is 11.8 Å². The first-order valence-electron chi connectivity index (χ1n) is 9.28. The number of halogens is 2. The summed E-state index contributed by atoms with van der Waals surface area (Å²) in [5, 5.41) is 2.60. The second-order valence-corrected chi connectivity index (χ2v) is 9.53. The minimum Gasteiger partial charge on any atom is -0.495 e. The van der Waals surface area contributed by atoms with Gasteiger partial charge in [-0.25, -0.2) is 8.42 Å². The molecule has 164 valence electrons. The summed E-state index contributed by atoms with van der Waals surface area (Å²) in [6, 6.07) is 5.61. The lowest BCUT2D eigenvalue weighted by atomic mass is 10.2. The van der Waals surface area contributed by atoms with E-state index >= 15 is 0 Å². The Morgan fingerprint density at radius 1 is 1.27 bits per heavy atom. The smallest absolute Gasteiger partial charge is 0.284 e. The van der Waals surface area contributed by atoms with Crippen molar-refractivity contribution in [1.29, 1.82) is 0 Å². The highest BCUT2D eigenvalue weighted by Gasteiger charge is 2.27. The van der Waals surface area contributed by atoms with Gasteiger partial charge in [-0.3, -0.25) is 4.79 Å². The van der Waals surface area contributed by atoms with Crippen LogP contribution in [0.4, 0.5) is 14.5 Å². The van der Waals surface area contributed by atoms with Crippen molar-refractivity contribution in [3.05, 3.63) is 41.9 Å². The third-order valence-electron chi connectivity index (χ3n) is 4.70. The predicted molar refractivity (Wildman–Crippen MR) is 110 cm³/mol. The number of sulfonamides is 1. The lowest BCUT2D eigenvalue weighted by Crippen LogP contribution is -2.35. The number of carbonyl (C=O) groups excluding carboxylic acids is 1. The molecule has 1 N–H and O–H groups in total. The van der Waals surface area contributed by atoms with Gasteiger partial charge in [0, 0.05) is 13.1 Å². The van der Waals surface area contributed by atoms with Gasteiger partial charge in [0.15, 0.2) is 0 Å². The van der Waals surface area contributed by atoms with Crippen molar-refractivity contribution in [2.75, 3.05) is 25.5 Å². The molecule has 1 aliphatic heterocycles. The number of hydrogen-bond acceptors (Lipinski definition) is 6. The molecule has 0 atom stereocenters. The highest BCUT2D eigenvalue weighted by atomic mass is 32.2. The molecular weight excluding hydrogens is 438 g/mol. The van der Waals surface area contributed by atoms with E-state index in [1.807, 2.05) is 0 Å². The molecular formula is C19H22F2N2O5S2. The summed E-state index contributed by atoms with van der Waals surface area (Å²) >= 11 is 0.340. The first kappa shape index (κ1) is 22.6. The van der Waals surface area contributed by atoms with Crippen molar-refractivity contribution >= 4 is 33.4 Å². The van der Waals surface area contributed by atoms with Gasteiger partial charge in [-0.1, -0.05) is 18.2 Å². The number of furan rings is 1. The average Bonchev–Trinajstić information content (AvgIpc) is 3.21. The maximum Gasteiger partial charge on any atom is 0.284 e. The number of piperidine rings is 1. The summed E-state index contributed by atoms with van der Waals surface area (Å²) in [6.45, 7) is 0.909. The normalized spacial score (nSPS) is 15.3. The van der Waals surface area contributed by atoms with Crippen LogP contribution in [0.3, 0.4) is 0 Å². The van der Waals surface area contributed by atoms with E-state index in [1.54, 1.807) is 0 Å². The summed E-state index contributed by atoms with van der Waals surface area (Å²) in [5.74, 6) is -3.00. The second-order valence-electron chi connectivity index (χ2n) is 6.61. The first-order valence-corrected chi connectivity index (χ1v) is 11.8. The molecule has 0 unspecified atom stereocenters. The minimum absolute atomic E-state index is 0.0428. The van der Waals surface area contributed by atoms with Gasteiger partial charge >= 0.3 is 0 Å². The van der Waals surface area contributed by atoms with E-state index in [0.29, 0.717) is 24.9 Å². The topological polar surface area (TPSA) is 88.9 Å². The molecule has 1 fully saturated rings. The Labute approximate surface area is 177 Å². The maximum absolute atomic E-state index is 12.9. The fraction of sp³-hybridized carbons (Fsp3) is 0.421. The third kappa shape index (κ3) is 5.13. The molecule has 7 nitrogen and oxygen atoms in total. The molecule has 0 bridgehead atoms. The molecule has 0 spiro atoms. The number of methoxy groups -OCH3 is 1. The Balaban J connectivity index is 1.84. The largest absolute Gasteiger partial charge is 0.495 e. The molecule has 1 saturated heterocycles. The number of amides is 1. The summed E-state index contributed by atoms with van der Waals surface area (Å²) in [5.41, 5.74) is 0.253. The molecule has 0 aliphatic carbocycles. The molecule has 2 heterocycles. The molecule has 1 amide bonds. The second kappa shape index (κ2) is 9.80. The van der Waals surface area contributed by atoms with Crippen LogP contribution in [0.5, 0.6) is 5.75 Å². The van der Waals surface area contributed by atoms with Crippen molar-refractivity contribution in [3.8, 4) is 5.75 Å². The van der Waals surface area contributed by atoms with Gasteiger partial charge in [-0.15, -0.1) is 0 Å². The number of benzene rings is 1. The monoisotopic (exact) mass is 460 g/mol. The third-order valence-corrected chi connectivity index (χ3v) is 7.28. The van der Waals surface area contributed by atoms with Crippen LogP contribution in [0.2, 0.25) is 0 Å².